The van der Waals surface area contributed by atoms with E-state index in [1.807, 2.05) is 6.07 Å². The van der Waals surface area contributed by atoms with Crippen LogP contribution in [0.5, 0.6) is 0 Å². The van der Waals surface area contributed by atoms with Gasteiger partial charge in [-0.15, -0.1) is 0 Å². The van der Waals surface area contributed by atoms with Crippen LogP contribution in [0, 0.1) is 11.6 Å². The molecule has 4 heteroatoms. The Morgan fingerprint density at radius 3 is 2.65 bits per heavy atom. The van der Waals surface area contributed by atoms with E-state index in [0.29, 0.717) is 5.56 Å². The van der Waals surface area contributed by atoms with Crippen molar-refractivity contribution < 1.29 is 13.6 Å². The molecule has 0 saturated heterocycles. The highest BCUT2D eigenvalue weighted by Gasteiger charge is 2.14. The van der Waals surface area contributed by atoms with E-state index < -0.39 is 11.6 Å². The van der Waals surface area contributed by atoms with Gasteiger partial charge in [0.25, 0.3) is 0 Å². The van der Waals surface area contributed by atoms with Gasteiger partial charge in [-0.2, -0.15) is 0 Å². The van der Waals surface area contributed by atoms with Crippen LogP contribution in [0.4, 0.5) is 8.78 Å². The number of benzene rings is 2. The number of carbonyl (C=O) groups excluding carboxylic acids is 1. The Kier molecular flexibility index (Phi) is 2.99. The molecule has 0 bridgehead atoms. The van der Waals surface area contributed by atoms with Gasteiger partial charge in [0.2, 0.25) is 0 Å². The van der Waals surface area contributed by atoms with Gasteiger partial charge >= 0.3 is 0 Å². The van der Waals surface area contributed by atoms with E-state index >= 15 is 0 Å². The molecule has 20 heavy (non-hydrogen) atoms. The van der Waals surface area contributed by atoms with Gasteiger partial charge in [0.1, 0.15) is 0 Å². The van der Waals surface area contributed by atoms with E-state index in [9.17, 15) is 13.6 Å². The zero-order chi connectivity index (χ0) is 14.1. The van der Waals surface area contributed by atoms with Crippen LogP contribution in [0.15, 0.2) is 54.9 Å². The SMILES string of the molecule is O=C(c1ccc(F)c(F)c1)c1cccc2cnccc12. The van der Waals surface area contributed by atoms with Crippen molar-refractivity contribution >= 4 is 16.6 Å². The second-order valence-electron chi connectivity index (χ2n) is 4.36. The van der Waals surface area contributed by atoms with E-state index in [1.165, 1.54) is 6.07 Å². The number of halogens is 2. The van der Waals surface area contributed by atoms with Crippen molar-refractivity contribution in [3.8, 4) is 0 Å². The van der Waals surface area contributed by atoms with Crippen LogP contribution < -0.4 is 0 Å². The molecule has 0 saturated carbocycles. The maximum Gasteiger partial charge on any atom is 0.193 e. The fraction of sp³-hybridized carbons (Fsp3) is 0. The topological polar surface area (TPSA) is 30.0 Å². The Morgan fingerprint density at radius 2 is 1.85 bits per heavy atom. The number of ketones is 1. The lowest BCUT2D eigenvalue weighted by Crippen LogP contribution is -2.03. The second-order valence-corrected chi connectivity index (χ2v) is 4.36. The molecule has 3 aromatic rings. The molecular formula is C16H9F2NO. The zero-order valence-electron chi connectivity index (χ0n) is 10.3. The Bertz CT molecular complexity index is 809. The van der Waals surface area contributed by atoms with Crippen LogP contribution in [0.25, 0.3) is 10.8 Å². The first-order valence-corrected chi connectivity index (χ1v) is 5.99. The molecule has 0 spiro atoms. The summed E-state index contributed by atoms with van der Waals surface area (Å²) in [5.74, 6) is -2.35. The van der Waals surface area contributed by atoms with Crippen LogP contribution in [0.2, 0.25) is 0 Å². The van der Waals surface area contributed by atoms with Gasteiger partial charge < -0.3 is 0 Å². The third-order valence-electron chi connectivity index (χ3n) is 3.11. The molecule has 0 aliphatic carbocycles. The molecule has 0 N–H and O–H groups in total. The van der Waals surface area contributed by atoms with Gasteiger partial charge in [0.05, 0.1) is 0 Å². The van der Waals surface area contributed by atoms with Crippen LogP contribution in [0.3, 0.4) is 0 Å². The minimum atomic E-state index is -1.03. The molecule has 1 aromatic heterocycles. The van der Waals surface area contributed by atoms with E-state index in [1.54, 1.807) is 30.6 Å². The Hall–Kier alpha value is -2.62. The second kappa shape index (κ2) is 4.81. The summed E-state index contributed by atoms with van der Waals surface area (Å²) in [5.41, 5.74) is 0.559. The number of carbonyl (C=O) groups is 1. The molecule has 0 amide bonds. The molecule has 1 heterocycles. The lowest BCUT2D eigenvalue weighted by Gasteiger charge is -2.06. The molecule has 0 atom stereocenters. The van der Waals surface area contributed by atoms with Gasteiger partial charge in [-0.25, -0.2) is 8.78 Å². The average Bonchev–Trinajstić information content (AvgIpc) is 2.49. The fourth-order valence-electron chi connectivity index (χ4n) is 2.11. The summed E-state index contributed by atoms with van der Waals surface area (Å²) >= 11 is 0. The number of fused-ring (bicyclic) bond motifs is 1. The minimum absolute atomic E-state index is 0.119. The van der Waals surface area contributed by atoms with Crippen LogP contribution >= 0.6 is 0 Å². The van der Waals surface area contributed by atoms with Crippen molar-refractivity contribution in [2.45, 2.75) is 0 Å². The molecular weight excluding hydrogens is 260 g/mol. The highest BCUT2D eigenvalue weighted by Crippen LogP contribution is 2.21. The quantitative estimate of drug-likeness (QED) is 0.663. The third-order valence-corrected chi connectivity index (χ3v) is 3.11. The fourth-order valence-corrected chi connectivity index (χ4v) is 2.11. The van der Waals surface area contributed by atoms with Gasteiger partial charge in [0, 0.05) is 28.9 Å². The van der Waals surface area contributed by atoms with Gasteiger partial charge in [-0.05, 0) is 29.7 Å². The van der Waals surface area contributed by atoms with Crippen molar-refractivity contribution in [3.05, 3.63) is 77.6 Å². The van der Waals surface area contributed by atoms with E-state index in [-0.39, 0.29) is 11.3 Å². The molecule has 2 nitrogen and oxygen atoms in total. The Morgan fingerprint density at radius 1 is 1.00 bits per heavy atom. The normalized spacial score (nSPS) is 10.7. The summed E-state index contributed by atoms with van der Waals surface area (Å²) < 4.78 is 26.2. The average molecular weight is 269 g/mol. The lowest BCUT2D eigenvalue weighted by atomic mass is 9.98. The van der Waals surface area contributed by atoms with Crippen molar-refractivity contribution in [1.82, 2.24) is 4.98 Å². The Labute approximate surface area is 113 Å². The molecule has 0 aliphatic rings. The van der Waals surface area contributed by atoms with Crippen molar-refractivity contribution in [3.63, 3.8) is 0 Å². The standard InChI is InChI=1S/C16H9F2NO/c17-14-5-4-10(8-15(14)18)16(20)13-3-1-2-11-9-19-7-6-12(11)13/h1-9H. The molecule has 0 fully saturated rings. The van der Waals surface area contributed by atoms with Gasteiger partial charge in [0.15, 0.2) is 17.4 Å². The number of rotatable bonds is 2. The number of aromatic nitrogens is 1. The molecule has 3 rings (SSSR count). The summed E-state index contributed by atoms with van der Waals surface area (Å²) in [6, 6.07) is 10.1. The molecule has 0 radical (unpaired) electrons. The maximum atomic E-state index is 13.2. The van der Waals surface area contributed by atoms with Crippen molar-refractivity contribution in [1.29, 1.82) is 0 Å². The zero-order valence-corrected chi connectivity index (χ0v) is 10.3. The highest BCUT2D eigenvalue weighted by molar-refractivity contribution is 6.16. The number of hydrogen-bond donors (Lipinski definition) is 0. The summed E-state index contributed by atoms with van der Waals surface area (Å²) in [5, 5.41) is 1.55. The first-order valence-electron chi connectivity index (χ1n) is 5.99. The Balaban J connectivity index is 2.15. The van der Waals surface area contributed by atoms with Crippen LogP contribution in [-0.4, -0.2) is 10.8 Å². The summed E-state index contributed by atoms with van der Waals surface area (Å²) in [7, 11) is 0. The summed E-state index contributed by atoms with van der Waals surface area (Å²) in [6.45, 7) is 0. The van der Waals surface area contributed by atoms with E-state index in [2.05, 4.69) is 4.98 Å². The highest BCUT2D eigenvalue weighted by atomic mass is 19.2. The van der Waals surface area contributed by atoms with E-state index in [4.69, 9.17) is 0 Å². The first kappa shape index (κ1) is 12.4. The van der Waals surface area contributed by atoms with Gasteiger partial charge in [-0.3, -0.25) is 9.78 Å². The van der Waals surface area contributed by atoms with Gasteiger partial charge in [-0.1, -0.05) is 18.2 Å². The van der Waals surface area contributed by atoms with Crippen molar-refractivity contribution in [2.24, 2.45) is 0 Å². The van der Waals surface area contributed by atoms with Crippen molar-refractivity contribution in [2.75, 3.05) is 0 Å². The number of hydrogen-bond acceptors (Lipinski definition) is 2. The monoisotopic (exact) mass is 269 g/mol. The predicted octanol–water partition coefficient (Wildman–Crippen LogP) is 3.74. The lowest BCUT2D eigenvalue weighted by molar-refractivity contribution is 0.103. The molecule has 98 valence electrons. The smallest absolute Gasteiger partial charge is 0.193 e. The third kappa shape index (κ3) is 2.05. The largest absolute Gasteiger partial charge is 0.289 e. The maximum absolute atomic E-state index is 13.2. The molecule has 0 aliphatic heterocycles. The summed E-state index contributed by atoms with van der Waals surface area (Å²) in [6.07, 6.45) is 3.24. The number of pyridine rings is 1. The minimum Gasteiger partial charge on any atom is -0.289 e. The molecule has 2 aromatic carbocycles. The predicted molar refractivity (Wildman–Crippen MR) is 71.5 cm³/mol. The van der Waals surface area contributed by atoms with Crippen LogP contribution in [-0.2, 0) is 0 Å². The first-order chi connectivity index (χ1) is 9.66. The summed E-state index contributed by atoms with van der Waals surface area (Å²) in [4.78, 5) is 16.4. The van der Waals surface area contributed by atoms with Crippen LogP contribution in [0.1, 0.15) is 15.9 Å². The number of nitrogens with zero attached hydrogens (tertiary/aromatic N) is 1. The molecule has 0 unspecified atom stereocenters. The van der Waals surface area contributed by atoms with E-state index in [0.717, 1.165) is 22.9 Å².